The highest BCUT2D eigenvalue weighted by molar-refractivity contribution is 5.98. The van der Waals surface area contributed by atoms with Crippen LogP contribution in [0.15, 0.2) is 54.6 Å². The minimum absolute atomic E-state index is 0.0894. The van der Waals surface area contributed by atoms with Gasteiger partial charge in [-0.2, -0.15) is 0 Å². The summed E-state index contributed by atoms with van der Waals surface area (Å²) in [7, 11) is 1.57. The molecule has 2 amide bonds. The zero-order chi connectivity index (χ0) is 18.4. The first-order chi connectivity index (χ1) is 12.7. The van der Waals surface area contributed by atoms with E-state index in [1.165, 1.54) is 0 Å². The van der Waals surface area contributed by atoms with Crippen LogP contribution in [-0.2, 0) is 4.79 Å². The molecule has 3 N–H and O–H groups in total. The van der Waals surface area contributed by atoms with Crippen LogP contribution in [0.5, 0.6) is 5.75 Å². The summed E-state index contributed by atoms with van der Waals surface area (Å²) in [6.45, 7) is 1.64. The van der Waals surface area contributed by atoms with Crippen molar-refractivity contribution in [3.05, 3.63) is 65.7 Å². The molecule has 1 saturated heterocycles. The first-order valence-corrected chi connectivity index (χ1v) is 8.68. The van der Waals surface area contributed by atoms with E-state index in [-0.39, 0.29) is 17.9 Å². The van der Waals surface area contributed by atoms with E-state index >= 15 is 0 Å². The molecule has 6 nitrogen and oxygen atoms in total. The Balaban J connectivity index is 1.76. The molecular formula is C20H23N3O3. The Morgan fingerprint density at radius 1 is 1.12 bits per heavy atom. The van der Waals surface area contributed by atoms with E-state index in [0.29, 0.717) is 11.3 Å². The lowest BCUT2D eigenvalue weighted by Gasteiger charge is -2.21. The van der Waals surface area contributed by atoms with Crippen LogP contribution >= 0.6 is 0 Å². The van der Waals surface area contributed by atoms with Crippen molar-refractivity contribution in [3.8, 4) is 5.75 Å². The van der Waals surface area contributed by atoms with Gasteiger partial charge in [0.25, 0.3) is 5.91 Å². The summed E-state index contributed by atoms with van der Waals surface area (Å²) < 4.78 is 5.11. The number of carbonyl (C=O) groups excluding carboxylic acids is 2. The smallest absolute Gasteiger partial charge is 0.252 e. The third-order valence-electron chi connectivity index (χ3n) is 4.43. The maximum absolute atomic E-state index is 12.8. The summed E-state index contributed by atoms with van der Waals surface area (Å²) in [5.74, 6) is 0.167. The summed E-state index contributed by atoms with van der Waals surface area (Å²) in [5, 5.41) is 9.08. The minimum Gasteiger partial charge on any atom is -0.497 e. The fourth-order valence-electron chi connectivity index (χ4n) is 2.96. The standard InChI is InChI=1S/C20H23N3O3/c1-26-17-9-7-15(8-10-17)19(24)23-18(14-5-3-2-4-6-14)20(25)22-16-11-12-21-13-16/h2-10,16,18,21H,11-13H2,1H3,(H,22,25)(H,23,24). The maximum Gasteiger partial charge on any atom is 0.252 e. The molecule has 2 atom stereocenters. The number of rotatable bonds is 6. The zero-order valence-electron chi connectivity index (χ0n) is 14.7. The predicted molar refractivity (Wildman–Crippen MR) is 99.1 cm³/mol. The Bertz CT molecular complexity index is 741. The second kappa shape index (κ2) is 8.49. The molecule has 6 heteroatoms. The Morgan fingerprint density at radius 2 is 1.85 bits per heavy atom. The fraction of sp³-hybridized carbons (Fsp3) is 0.300. The van der Waals surface area contributed by atoms with Crippen molar-refractivity contribution in [2.45, 2.75) is 18.5 Å². The van der Waals surface area contributed by atoms with E-state index in [4.69, 9.17) is 4.74 Å². The summed E-state index contributed by atoms with van der Waals surface area (Å²) in [5.41, 5.74) is 1.22. The number of amides is 2. The molecular weight excluding hydrogens is 330 g/mol. The molecule has 136 valence electrons. The third kappa shape index (κ3) is 4.40. The van der Waals surface area contributed by atoms with Crippen LogP contribution in [0.25, 0.3) is 0 Å². The number of methoxy groups -OCH3 is 1. The van der Waals surface area contributed by atoms with Crippen molar-refractivity contribution in [3.63, 3.8) is 0 Å². The largest absolute Gasteiger partial charge is 0.497 e. The number of hydrogen-bond acceptors (Lipinski definition) is 4. The Kier molecular flexibility index (Phi) is 5.86. The zero-order valence-corrected chi connectivity index (χ0v) is 14.7. The summed E-state index contributed by atoms with van der Waals surface area (Å²) >= 11 is 0. The molecule has 1 aliphatic heterocycles. The topological polar surface area (TPSA) is 79.5 Å². The van der Waals surface area contributed by atoms with Crippen LogP contribution in [0.1, 0.15) is 28.4 Å². The molecule has 1 fully saturated rings. The van der Waals surface area contributed by atoms with Gasteiger partial charge in [-0.15, -0.1) is 0 Å². The normalized spacial score (nSPS) is 17.3. The molecule has 1 aliphatic rings. The monoisotopic (exact) mass is 353 g/mol. The average Bonchev–Trinajstić information content (AvgIpc) is 3.19. The molecule has 3 rings (SSSR count). The number of benzene rings is 2. The van der Waals surface area contributed by atoms with Gasteiger partial charge in [-0.1, -0.05) is 30.3 Å². The van der Waals surface area contributed by atoms with Crippen LogP contribution in [0, 0.1) is 0 Å². The Morgan fingerprint density at radius 3 is 2.46 bits per heavy atom. The molecule has 2 aromatic rings. The van der Waals surface area contributed by atoms with E-state index in [1.54, 1.807) is 31.4 Å². The quantitative estimate of drug-likeness (QED) is 0.738. The molecule has 0 saturated carbocycles. The van der Waals surface area contributed by atoms with Crippen molar-refractivity contribution < 1.29 is 14.3 Å². The van der Waals surface area contributed by atoms with E-state index in [1.807, 2.05) is 30.3 Å². The number of hydrogen-bond donors (Lipinski definition) is 3. The Labute approximate surface area is 152 Å². The molecule has 0 aliphatic carbocycles. The van der Waals surface area contributed by atoms with Crippen molar-refractivity contribution in [1.82, 2.24) is 16.0 Å². The second-order valence-electron chi connectivity index (χ2n) is 6.24. The highest BCUT2D eigenvalue weighted by atomic mass is 16.5. The van der Waals surface area contributed by atoms with Gasteiger partial charge in [0.05, 0.1) is 7.11 Å². The molecule has 26 heavy (non-hydrogen) atoms. The van der Waals surface area contributed by atoms with Gasteiger partial charge in [-0.05, 0) is 42.8 Å². The lowest BCUT2D eigenvalue weighted by Crippen LogP contribution is -2.45. The minimum atomic E-state index is -0.744. The average molecular weight is 353 g/mol. The lowest BCUT2D eigenvalue weighted by atomic mass is 10.0. The van der Waals surface area contributed by atoms with Crippen molar-refractivity contribution in [2.24, 2.45) is 0 Å². The van der Waals surface area contributed by atoms with Gasteiger partial charge >= 0.3 is 0 Å². The van der Waals surface area contributed by atoms with Gasteiger partial charge < -0.3 is 20.7 Å². The predicted octanol–water partition coefficient (Wildman–Crippen LogP) is 1.64. The van der Waals surface area contributed by atoms with Gasteiger partial charge in [0, 0.05) is 18.2 Å². The van der Waals surface area contributed by atoms with Gasteiger partial charge in [0.15, 0.2) is 0 Å². The summed E-state index contributed by atoms with van der Waals surface area (Å²) in [4.78, 5) is 25.4. The summed E-state index contributed by atoms with van der Waals surface area (Å²) in [6.07, 6.45) is 0.889. The first kappa shape index (κ1) is 17.9. The molecule has 0 aromatic heterocycles. The molecule has 1 heterocycles. The molecule has 0 radical (unpaired) electrons. The number of nitrogens with one attached hydrogen (secondary N) is 3. The maximum atomic E-state index is 12.8. The van der Waals surface area contributed by atoms with Gasteiger partial charge in [-0.3, -0.25) is 9.59 Å². The van der Waals surface area contributed by atoms with Crippen LogP contribution in [-0.4, -0.2) is 38.1 Å². The number of ether oxygens (including phenoxy) is 1. The van der Waals surface area contributed by atoms with Crippen LogP contribution < -0.4 is 20.7 Å². The third-order valence-corrected chi connectivity index (χ3v) is 4.43. The van der Waals surface area contributed by atoms with E-state index in [0.717, 1.165) is 25.1 Å². The van der Waals surface area contributed by atoms with E-state index in [9.17, 15) is 9.59 Å². The molecule has 0 spiro atoms. The van der Waals surface area contributed by atoms with E-state index < -0.39 is 6.04 Å². The highest BCUT2D eigenvalue weighted by Crippen LogP contribution is 2.16. The van der Waals surface area contributed by atoms with E-state index in [2.05, 4.69) is 16.0 Å². The number of carbonyl (C=O) groups is 2. The molecule has 2 unspecified atom stereocenters. The van der Waals surface area contributed by atoms with Gasteiger partial charge in [0.1, 0.15) is 11.8 Å². The van der Waals surface area contributed by atoms with Gasteiger partial charge in [-0.25, -0.2) is 0 Å². The summed E-state index contributed by atoms with van der Waals surface area (Å²) in [6, 6.07) is 15.4. The first-order valence-electron chi connectivity index (χ1n) is 8.68. The lowest BCUT2D eigenvalue weighted by molar-refractivity contribution is -0.123. The van der Waals surface area contributed by atoms with Crippen molar-refractivity contribution >= 4 is 11.8 Å². The second-order valence-corrected chi connectivity index (χ2v) is 6.24. The molecule has 2 aromatic carbocycles. The SMILES string of the molecule is COc1ccc(C(=O)NC(C(=O)NC2CCNC2)c2ccccc2)cc1. The Hall–Kier alpha value is -2.86. The van der Waals surface area contributed by atoms with Gasteiger partial charge in [0.2, 0.25) is 5.91 Å². The highest BCUT2D eigenvalue weighted by Gasteiger charge is 2.26. The van der Waals surface area contributed by atoms with Crippen LogP contribution in [0.4, 0.5) is 0 Å². The van der Waals surface area contributed by atoms with Crippen molar-refractivity contribution in [2.75, 3.05) is 20.2 Å². The van der Waals surface area contributed by atoms with Crippen molar-refractivity contribution in [1.29, 1.82) is 0 Å². The van der Waals surface area contributed by atoms with Crippen LogP contribution in [0.2, 0.25) is 0 Å². The fourth-order valence-corrected chi connectivity index (χ4v) is 2.96. The molecule has 0 bridgehead atoms. The van der Waals surface area contributed by atoms with Crippen LogP contribution in [0.3, 0.4) is 0 Å².